The van der Waals surface area contributed by atoms with E-state index in [2.05, 4.69) is 15.4 Å². The highest BCUT2D eigenvalue weighted by molar-refractivity contribution is 5.96. The highest BCUT2D eigenvalue weighted by Gasteiger charge is 2.31. The van der Waals surface area contributed by atoms with Crippen LogP contribution in [0.1, 0.15) is 25.3 Å². The van der Waals surface area contributed by atoms with E-state index in [0.29, 0.717) is 0 Å². The molecule has 33 heavy (non-hydrogen) atoms. The lowest BCUT2D eigenvalue weighted by molar-refractivity contribution is -0.274. The molecule has 8 nitrogen and oxygen atoms in total. The van der Waals surface area contributed by atoms with Gasteiger partial charge in [-0.15, -0.1) is 13.2 Å². The molecule has 0 saturated carbocycles. The zero-order valence-corrected chi connectivity index (χ0v) is 17.7. The molecular weight excluding hydrogens is 445 g/mol. The number of carbonyl (C=O) groups excluding carboxylic acids is 3. The van der Waals surface area contributed by atoms with E-state index in [1.807, 2.05) is 0 Å². The molecule has 0 fully saturated rings. The van der Waals surface area contributed by atoms with Crippen LogP contribution < -0.4 is 15.4 Å². The summed E-state index contributed by atoms with van der Waals surface area (Å²) >= 11 is 0. The molecular formula is C22H23F3N2O6. The van der Waals surface area contributed by atoms with Crippen LogP contribution in [0.3, 0.4) is 0 Å². The number of alkyl carbamates (subject to hydrolysis) is 1. The van der Waals surface area contributed by atoms with Gasteiger partial charge in [0.2, 0.25) is 5.91 Å². The number of benzene rings is 2. The van der Waals surface area contributed by atoms with Crippen molar-refractivity contribution in [2.75, 3.05) is 11.9 Å². The van der Waals surface area contributed by atoms with Crippen LogP contribution in [0.5, 0.6) is 5.75 Å². The van der Waals surface area contributed by atoms with Crippen LogP contribution in [0, 0.1) is 0 Å². The fraction of sp³-hybridized carbons (Fsp3) is 0.318. The summed E-state index contributed by atoms with van der Waals surface area (Å²) in [6, 6.07) is 12.2. The topological polar surface area (TPSA) is 103 Å². The van der Waals surface area contributed by atoms with Gasteiger partial charge in [-0.05, 0) is 43.2 Å². The normalized spacial score (nSPS) is 11.8. The minimum absolute atomic E-state index is 0.0282. The largest absolute Gasteiger partial charge is 0.573 e. The number of amides is 2. The summed E-state index contributed by atoms with van der Waals surface area (Å²) < 4.78 is 50.5. The van der Waals surface area contributed by atoms with E-state index in [1.165, 1.54) is 12.1 Å². The maximum atomic E-state index is 12.7. The molecule has 0 radical (unpaired) electrons. The van der Waals surface area contributed by atoms with Gasteiger partial charge in [-0.1, -0.05) is 30.3 Å². The Kier molecular flexibility index (Phi) is 9.52. The number of hydrogen-bond acceptors (Lipinski definition) is 6. The van der Waals surface area contributed by atoms with Gasteiger partial charge in [0.05, 0.1) is 6.61 Å². The second-order valence-corrected chi connectivity index (χ2v) is 6.66. The number of hydrogen-bond donors (Lipinski definition) is 2. The summed E-state index contributed by atoms with van der Waals surface area (Å²) in [5, 5.41) is 4.86. The molecule has 0 aliphatic carbocycles. The second kappa shape index (κ2) is 12.3. The highest BCUT2D eigenvalue weighted by Crippen LogP contribution is 2.24. The zero-order valence-electron chi connectivity index (χ0n) is 17.7. The Hall–Kier alpha value is -3.76. The van der Waals surface area contributed by atoms with Crippen LogP contribution in [0.4, 0.5) is 23.7 Å². The molecule has 0 aliphatic heterocycles. The quantitative estimate of drug-likeness (QED) is 0.508. The first-order valence-corrected chi connectivity index (χ1v) is 9.96. The van der Waals surface area contributed by atoms with Gasteiger partial charge in [-0.2, -0.15) is 0 Å². The minimum atomic E-state index is -4.84. The Morgan fingerprint density at radius 2 is 1.64 bits per heavy atom. The van der Waals surface area contributed by atoms with E-state index in [4.69, 9.17) is 9.47 Å². The summed E-state index contributed by atoms with van der Waals surface area (Å²) in [6.07, 6.45) is -5.95. The van der Waals surface area contributed by atoms with Crippen molar-refractivity contribution in [2.24, 2.45) is 0 Å². The van der Waals surface area contributed by atoms with E-state index in [-0.39, 0.29) is 31.7 Å². The van der Waals surface area contributed by atoms with E-state index in [9.17, 15) is 27.6 Å². The molecule has 0 saturated heterocycles. The van der Waals surface area contributed by atoms with Gasteiger partial charge in [0, 0.05) is 12.1 Å². The summed E-state index contributed by atoms with van der Waals surface area (Å²) in [6.45, 7) is 1.77. The average molecular weight is 468 g/mol. The minimum Gasteiger partial charge on any atom is -0.466 e. The van der Waals surface area contributed by atoms with Crippen LogP contribution in [0.15, 0.2) is 54.6 Å². The molecule has 1 atom stereocenters. The van der Waals surface area contributed by atoms with Crippen molar-refractivity contribution in [1.29, 1.82) is 0 Å². The van der Waals surface area contributed by atoms with Gasteiger partial charge in [0.1, 0.15) is 18.4 Å². The summed E-state index contributed by atoms with van der Waals surface area (Å²) in [7, 11) is 0. The summed E-state index contributed by atoms with van der Waals surface area (Å²) in [4.78, 5) is 36.5. The van der Waals surface area contributed by atoms with Crippen molar-refractivity contribution in [2.45, 2.75) is 38.8 Å². The van der Waals surface area contributed by atoms with Gasteiger partial charge >= 0.3 is 18.4 Å². The monoisotopic (exact) mass is 468 g/mol. The van der Waals surface area contributed by atoms with E-state index < -0.39 is 36.1 Å². The number of alkyl halides is 3. The van der Waals surface area contributed by atoms with Crippen molar-refractivity contribution >= 4 is 23.7 Å². The maximum Gasteiger partial charge on any atom is 0.573 e. The predicted octanol–water partition coefficient (Wildman–Crippen LogP) is 4.16. The number of halogens is 3. The molecule has 2 N–H and O–H groups in total. The van der Waals surface area contributed by atoms with Gasteiger partial charge < -0.3 is 24.8 Å². The van der Waals surface area contributed by atoms with Crippen molar-refractivity contribution in [3.63, 3.8) is 0 Å². The van der Waals surface area contributed by atoms with E-state index in [0.717, 1.165) is 17.7 Å². The molecule has 2 amide bonds. The SMILES string of the molecule is CCOC(=O)CC[C@H](NC(=O)OCc1ccccc1)C(=O)Nc1ccc(OC(F)(F)F)cc1. The molecule has 0 aliphatic rings. The maximum absolute atomic E-state index is 12.7. The average Bonchev–Trinajstić information content (AvgIpc) is 2.76. The number of anilines is 1. The smallest absolute Gasteiger partial charge is 0.466 e. The van der Waals surface area contributed by atoms with Crippen LogP contribution in [0.2, 0.25) is 0 Å². The molecule has 0 bridgehead atoms. The fourth-order valence-electron chi connectivity index (χ4n) is 2.64. The first-order valence-electron chi connectivity index (χ1n) is 9.96. The number of nitrogens with one attached hydrogen (secondary N) is 2. The molecule has 2 aromatic carbocycles. The van der Waals surface area contributed by atoms with Crippen LogP contribution in [-0.4, -0.2) is 37.0 Å². The third-order valence-corrected chi connectivity index (χ3v) is 4.12. The lowest BCUT2D eigenvalue weighted by Gasteiger charge is -2.18. The van der Waals surface area contributed by atoms with Gasteiger partial charge in [0.25, 0.3) is 0 Å². The molecule has 11 heteroatoms. The van der Waals surface area contributed by atoms with Crippen LogP contribution >= 0.6 is 0 Å². The highest BCUT2D eigenvalue weighted by atomic mass is 19.4. The molecule has 0 unspecified atom stereocenters. The summed E-state index contributed by atoms with van der Waals surface area (Å²) in [5.41, 5.74) is 0.899. The number of ether oxygens (including phenoxy) is 3. The first kappa shape index (κ1) is 25.5. The van der Waals surface area contributed by atoms with Crippen LogP contribution in [-0.2, 0) is 25.7 Å². The number of esters is 1. The Morgan fingerprint density at radius 3 is 2.24 bits per heavy atom. The third kappa shape index (κ3) is 9.93. The van der Waals surface area contributed by atoms with Crippen molar-refractivity contribution in [3.05, 3.63) is 60.2 Å². The zero-order chi connectivity index (χ0) is 24.3. The first-order chi connectivity index (χ1) is 15.7. The molecule has 2 aromatic rings. The molecule has 178 valence electrons. The standard InChI is InChI=1S/C22H23F3N2O6/c1-2-31-19(28)13-12-18(27-21(30)32-14-15-6-4-3-5-7-15)20(29)26-16-8-10-17(11-9-16)33-22(23,24)25/h3-11,18H,2,12-14H2,1H3,(H,26,29)(H,27,30)/t18-/m0/s1. The third-order valence-electron chi connectivity index (χ3n) is 4.12. The predicted molar refractivity (Wildman–Crippen MR) is 111 cm³/mol. The lowest BCUT2D eigenvalue weighted by Crippen LogP contribution is -2.44. The molecule has 0 spiro atoms. The molecule has 0 aromatic heterocycles. The van der Waals surface area contributed by atoms with Crippen molar-refractivity contribution < 1.29 is 41.8 Å². The lowest BCUT2D eigenvalue weighted by atomic mass is 10.1. The van der Waals surface area contributed by atoms with Crippen molar-refractivity contribution in [1.82, 2.24) is 5.32 Å². The Morgan fingerprint density at radius 1 is 0.970 bits per heavy atom. The number of carbonyl (C=O) groups is 3. The molecule has 2 rings (SSSR count). The Balaban J connectivity index is 1.99. The Bertz CT molecular complexity index is 920. The molecule has 0 heterocycles. The van der Waals surface area contributed by atoms with Gasteiger partial charge in [-0.25, -0.2) is 4.79 Å². The Labute approximate surface area is 188 Å². The van der Waals surface area contributed by atoms with E-state index in [1.54, 1.807) is 37.3 Å². The second-order valence-electron chi connectivity index (χ2n) is 6.66. The van der Waals surface area contributed by atoms with Gasteiger partial charge in [0.15, 0.2) is 0 Å². The van der Waals surface area contributed by atoms with Gasteiger partial charge in [-0.3, -0.25) is 9.59 Å². The number of rotatable bonds is 10. The van der Waals surface area contributed by atoms with E-state index >= 15 is 0 Å². The van der Waals surface area contributed by atoms with Crippen molar-refractivity contribution in [3.8, 4) is 5.75 Å². The van der Waals surface area contributed by atoms with Crippen LogP contribution in [0.25, 0.3) is 0 Å². The fourth-order valence-corrected chi connectivity index (χ4v) is 2.64. The summed E-state index contributed by atoms with van der Waals surface area (Å²) in [5.74, 6) is -1.70.